The number of pyridine rings is 1. The molecular weight excluding hydrogens is 306 g/mol. The van der Waals surface area contributed by atoms with Crippen LogP contribution in [0.1, 0.15) is 40.6 Å². The van der Waals surface area contributed by atoms with Crippen molar-refractivity contribution in [1.29, 1.82) is 0 Å². The van der Waals surface area contributed by atoms with Gasteiger partial charge in [-0.05, 0) is 43.0 Å². The summed E-state index contributed by atoms with van der Waals surface area (Å²) in [5, 5.41) is 5.15. The third-order valence-electron chi connectivity index (χ3n) is 4.34. The van der Waals surface area contributed by atoms with Crippen molar-refractivity contribution in [2.24, 2.45) is 0 Å². The highest BCUT2D eigenvalue weighted by Gasteiger charge is 2.21. The second-order valence-corrected chi connectivity index (χ2v) is 7.03. The van der Waals surface area contributed by atoms with Crippen LogP contribution in [0.15, 0.2) is 36.0 Å². The average Bonchev–Trinajstić information content (AvgIpc) is 3.07. The first-order valence-electron chi connectivity index (χ1n) is 8.24. The van der Waals surface area contributed by atoms with E-state index in [2.05, 4.69) is 34.3 Å². The van der Waals surface area contributed by atoms with Gasteiger partial charge in [-0.3, -0.25) is 14.7 Å². The number of nitrogens with one attached hydrogen (secondary N) is 1. The SMILES string of the molecule is CCc1cc(C(=O)NC2CCN(Cc3ccncc3)CC2)cs1. The van der Waals surface area contributed by atoms with E-state index in [0.717, 1.165) is 44.5 Å². The molecule has 0 saturated carbocycles. The summed E-state index contributed by atoms with van der Waals surface area (Å²) >= 11 is 1.67. The molecule has 23 heavy (non-hydrogen) atoms. The van der Waals surface area contributed by atoms with Crippen molar-refractivity contribution in [3.05, 3.63) is 52.0 Å². The van der Waals surface area contributed by atoms with Crippen LogP contribution in [0.3, 0.4) is 0 Å². The fourth-order valence-corrected chi connectivity index (χ4v) is 3.75. The summed E-state index contributed by atoms with van der Waals surface area (Å²) in [6.45, 7) is 5.13. The van der Waals surface area contributed by atoms with Gasteiger partial charge in [0.1, 0.15) is 0 Å². The van der Waals surface area contributed by atoms with E-state index in [0.29, 0.717) is 6.04 Å². The van der Waals surface area contributed by atoms with Crippen molar-refractivity contribution in [3.8, 4) is 0 Å². The minimum Gasteiger partial charge on any atom is -0.349 e. The van der Waals surface area contributed by atoms with Crippen molar-refractivity contribution in [3.63, 3.8) is 0 Å². The molecule has 0 atom stereocenters. The molecule has 3 heterocycles. The Bertz CT molecular complexity index is 633. The normalized spacial score (nSPS) is 16.4. The highest BCUT2D eigenvalue weighted by molar-refractivity contribution is 7.10. The van der Waals surface area contributed by atoms with Crippen LogP contribution < -0.4 is 5.32 Å². The molecule has 0 unspecified atom stereocenters. The highest BCUT2D eigenvalue weighted by atomic mass is 32.1. The standard InChI is InChI=1S/C18H23N3OS/c1-2-17-11-15(13-23-17)18(22)20-16-5-9-21(10-6-16)12-14-3-7-19-8-4-14/h3-4,7-8,11,13,16H,2,5-6,9-10,12H2,1H3,(H,20,22). The van der Waals surface area contributed by atoms with Crippen LogP contribution in [0.25, 0.3) is 0 Å². The minimum absolute atomic E-state index is 0.0773. The Balaban J connectivity index is 1.46. The lowest BCUT2D eigenvalue weighted by atomic mass is 10.0. The molecule has 1 N–H and O–H groups in total. The van der Waals surface area contributed by atoms with Gasteiger partial charge >= 0.3 is 0 Å². The second kappa shape index (κ2) is 7.70. The molecule has 0 radical (unpaired) electrons. The predicted molar refractivity (Wildman–Crippen MR) is 93.7 cm³/mol. The molecule has 1 amide bonds. The molecule has 1 aliphatic rings. The molecule has 1 fully saturated rings. The van der Waals surface area contributed by atoms with Gasteiger partial charge in [0.25, 0.3) is 5.91 Å². The summed E-state index contributed by atoms with van der Waals surface area (Å²) in [5.41, 5.74) is 2.11. The first kappa shape index (κ1) is 16.1. The molecule has 0 aromatic carbocycles. The maximum absolute atomic E-state index is 12.3. The lowest BCUT2D eigenvalue weighted by Crippen LogP contribution is -2.44. The number of rotatable bonds is 5. The Morgan fingerprint density at radius 2 is 2.09 bits per heavy atom. The highest BCUT2D eigenvalue weighted by Crippen LogP contribution is 2.17. The molecule has 0 bridgehead atoms. The van der Waals surface area contributed by atoms with Crippen molar-refractivity contribution < 1.29 is 4.79 Å². The number of amides is 1. The number of aromatic nitrogens is 1. The first-order chi connectivity index (χ1) is 11.2. The van der Waals surface area contributed by atoms with Crippen LogP contribution in [0, 0.1) is 0 Å². The summed E-state index contributed by atoms with van der Waals surface area (Å²) in [6.07, 6.45) is 6.70. The molecule has 3 rings (SSSR count). The van der Waals surface area contributed by atoms with Crippen LogP contribution in [0.4, 0.5) is 0 Å². The zero-order valence-corrected chi connectivity index (χ0v) is 14.3. The molecule has 2 aromatic rings. The molecule has 1 saturated heterocycles. The summed E-state index contributed by atoms with van der Waals surface area (Å²) < 4.78 is 0. The van der Waals surface area contributed by atoms with Gasteiger partial charge in [-0.15, -0.1) is 11.3 Å². The maximum atomic E-state index is 12.3. The zero-order valence-electron chi connectivity index (χ0n) is 13.5. The number of carbonyl (C=O) groups excluding carboxylic acids is 1. The molecule has 0 aliphatic carbocycles. The Morgan fingerprint density at radius 1 is 1.35 bits per heavy atom. The Hall–Kier alpha value is -1.72. The van der Waals surface area contributed by atoms with Gasteiger partial charge < -0.3 is 5.32 Å². The number of hydrogen-bond donors (Lipinski definition) is 1. The summed E-state index contributed by atoms with van der Waals surface area (Å²) in [4.78, 5) is 20.1. The van der Waals surface area contributed by atoms with E-state index in [4.69, 9.17) is 0 Å². The number of nitrogens with zero attached hydrogens (tertiary/aromatic N) is 2. The topological polar surface area (TPSA) is 45.2 Å². The summed E-state index contributed by atoms with van der Waals surface area (Å²) in [5.74, 6) is 0.0773. The van der Waals surface area contributed by atoms with E-state index in [1.165, 1.54) is 10.4 Å². The van der Waals surface area contributed by atoms with E-state index in [9.17, 15) is 4.79 Å². The fourth-order valence-electron chi connectivity index (χ4n) is 2.94. The molecular formula is C18H23N3OS. The molecule has 122 valence electrons. The second-order valence-electron chi connectivity index (χ2n) is 6.03. The summed E-state index contributed by atoms with van der Waals surface area (Å²) in [6, 6.07) is 6.44. The molecule has 1 aliphatic heterocycles. The largest absolute Gasteiger partial charge is 0.349 e. The smallest absolute Gasteiger partial charge is 0.252 e. The number of hydrogen-bond acceptors (Lipinski definition) is 4. The lowest BCUT2D eigenvalue weighted by molar-refractivity contribution is 0.0909. The lowest BCUT2D eigenvalue weighted by Gasteiger charge is -2.32. The van der Waals surface area contributed by atoms with Gasteiger partial charge in [0.15, 0.2) is 0 Å². The van der Waals surface area contributed by atoms with Crippen LogP contribution in [-0.2, 0) is 13.0 Å². The number of thiophene rings is 1. The van der Waals surface area contributed by atoms with Crippen molar-refractivity contribution >= 4 is 17.2 Å². The van der Waals surface area contributed by atoms with Crippen LogP contribution >= 0.6 is 11.3 Å². The fraction of sp³-hybridized carbons (Fsp3) is 0.444. The van der Waals surface area contributed by atoms with Gasteiger partial charge in [0.05, 0.1) is 5.56 Å². The quantitative estimate of drug-likeness (QED) is 0.917. The number of likely N-dealkylation sites (tertiary alicyclic amines) is 1. The summed E-state index contributed by atoms with van der Waals surface area (Å²) in [7, 11) is 0. The van der Waals surface area contributed by atoms with Crippen molar-refractivity contribution in [2.45, 2.75) is 38.8 Å². The maximum Gasteiger partial charge on any atom is 0.252 e. The minimum atomic E-state index is 0.0773. The predicted octanol–water partition coefficient (Wildman–Crippen LogP) is 3.10. The van der Waals surface area contributed by atoms with Gasteiger partial charge in [-0.2, -0.15) is 0 Å². The van der Waals surface area contributed by atoms with E-state index in [-0.39, 0.29) is 5.91 Å². The molecule has 2 aromatic heterocycles. The molecule has 4 nitrogen and oxygen atoms in total. The Kier molecular flexibility index (Phi) is 5.41. The number of piperidine rings is 1. The van der Waals surface area contributed by atoms with Crippen molar-refractivity contribution in [2.75, 3.05) is 13.1 Å². The molecule has 0 spiro atoms. The van der Waals surface area contributed by atoms with E-state index < -0.39 is 0 Å². The Labute approximate surface area is 141 Å². The van der Waals surface area contributed by atoms with Gasteiger partial charge in [0.2, 0.25) is 0 Å². The van der Waals surface area contributed by atoms with Gasteiger partial charge in [-0.1, -0.05) is 6.92 Å². The number of carbonyl (C=O) groups is 1. The van der Waals surface area contributed by atoms with Crippen LogP contribution in [0.5, 0.6) is 0 Å². The average molecular weight is 329 g/mol. The first-order valence-corrected chi connectivity index (χ1v) is 9.12. The van der Waals surface area contributed by atoms with Crippen LogP contribution in [0.2, 0.25) is 0 Å². The van der Waals surface area contributed by atoms with Crippen LogP contribution in [-0.4, -0.2) is 34.9 Å². The van der Waals surface area contributed by atoms with Gasteiger partial charge in [0, 0.05) is 48.3 Å². The number of aryl methyl sites for hydroxylation is 1. The monoisotopic (exact) mass is 329 g/mol. The van der Waals surface area contributed by atoms with E-state index in [1.54, 1.807) is 11.3 Å². The molecule has 5 heteroatoms. The van der Waals surface area contributed by atoms with Gasteiger partial charge in [-0.25, -0.2) is 0 Å². The van der Waals surface area contributed by atoms with Crippen molar-refractivity contribution in [1.82, 2.24) is 15.2 Å². The Morgan fingerprint density at radius 3 is 2.74 bits per heavy atom. The zero-order chi connectivity index (χ0) is 16.1. The third kappa shape index (κ3) is 4.39. The van der Waals surface area contributed by atoms with E-state index in [1.807, 2.05) is 23.8 Å². The van der Waals surface area contributed by atoms with E-state index >= 15 is 0 Å². The third-order valence-corrected chi connectivity index (χ3v) is 5.42.